The van der Waals surface area contributed by atoms with Crippen LogP contribution in [0.4, 0.5) is 17.1 Å². The molecule has 2 aliphatic carbocycles. The van der Waals surface area contributed by atoms with Crippen LogP contribution in [0, 0.1) is 21.3 Å². The fourth-order valence-electron chi connectivity index (χ4n) is 7.68. The van der Waals surface area contributed by atoms with Gasteiger partial charge < -0.3 is 15.2 Å². The number of nitrogens with one attached hydrogen (secondary N) is 1. The lowest BCUT2D eigenvalue weighted by Crippen LogP contribution is -2.60. The number of halogens is 4. The van der Waals surface area contributed by atoms with Crippen LogP contribution in [0.2, 0.25) is 0 Å². The Labute approximate surface area is 302 Å². The van der Waals surface area contributed by atoms with Gasteiger partial charge in [-0.2, -0.15) is 0 Å². The number of allylic oxidation sites excluding steroid dienone is 2. The van der Waals surface area contributed by atoms with Crippen LogP contribution in [0.25, 0.3) is 0 Å². The van der Waals surface area contributed by atoms with Crippen molar-refractivity contribution in [1.29, 1.82) is 0 Å². The molecule has 7 rings (SSSR count). The minimum atomic E-state index is -1.95. The number of hydrogen-bond acceptors (Lipinski definition) is 7. The van der Waals surface area contributed by atoms with Crippen molar-refractivity contribution in [3.63, 3.8) is 0 Å². The number of anilines is 3. The monoisotopic (exact) mass is 849 g/mol. The average Bonchev–Trinajstić information content (AvgIpc) is 3.40. The van der Waals surface area contributed by atoms with Crippen molar-refractivity contribution in [3.05, 3.63) is 87.5 Å². The van der Waals surface area contributed by atoms with E-state index < -0.39 is 51.1 Å². The number of phenolic OH excluding ortho intramolecular Hbond substituents is 1. The van der Waals surface area contributed by atoms with Gasteiger partial charge in [-0.3, -0.25) is 29.0 Å². The summed E-state index contributed by atoms with van der Waals surface area (Å²) < 4.78 is 5.86. The van der Waals surface area contributed by atoms with Gasteiger partial charge in [-0.05, 0) is 95.4 Å². The van der Waals surface area contributed by atoms with Gasteiger partial charge in [0.2, 0.25) is 11.8 Å². The maximum absolute atomic E-state index is 14.3. The number of phenols is 1. The number of imide groups is 2. The van der Waals surface area contributed by atoms with Gasteiger partial charge in [0.15, 0.2) is 21.2 Å². The molecule has 2 aliphatic heterocycles. The normalized spacial score (nSPS) is 29.8. The highest BCUT2D eigenvalue weighted by Crippen LogP contribution is 2.66. The second-order valence-corrected chi connectivity index (χ2v) is 15.0. The van der Waals surface area contributed by atoms with E-state index in [2.05, 4.69) is 21.2 Å². The van der Waals surface area contributed by atoms with Gasteiger partial charge in [0.25, 0.3) is 11.8 Å². The predicted molar refractivity (Wildman–Crippen MR) is 189 cm³/mol. The number of rotatable bonds is 6. The number of ether oxygens (including phenoxy) is 1. The van der Waals surface area contributed by atoms with Gasteiger partial charge in [0, 0.05) is 17.3 Å². The summed E-state index contributed by atoms with van der Waals surface area (Å²) in [4.78, 5) is 54.5. The number of benzene rings is 3. The first kappa shape index (κ1) is 32.4. The van der Waals surface area contributed by atoms with Crippen LogP contribution in [-0.4, -0.2) is 55.9 Å². The molecule has 3 aromatic carbocycles. The molecule has 6 unspecified atom stereocenters. The Morgan fingerprint density at radius 2 is 1.66 bits per heavy atom. The Morgan fingerprint density at radius 3 is 2.32 bits per heavy atom. The third-order valence-corrected chi connectivity index (χ3v) is 12.5. The molecule has 242 valence electrons. The summed E-state index contributed by atoms with van der Waals surface area (Å²) in [7, 11) is 1.41. The predicted octanol–water partition coefficient (Wildman–Crippen LogP) is 6.66. The molecule has 47 heavy (non-hydrogen) atoms. The van der Waals surface area contributed by atoms with Crippen LogP contribution in [0.3, 0.4) is 0 Å². The van der Waals surface area contributed by atoms with Crippen molar-refractivity contribution in [2.45, 2.75) is 28.5 Å². The van der Waals surface area contributed by atoms with Gasteiger partial charge in [-0.25, -0.2) is 0 Å². The minimum Gasteiger partial charge on any atom is -0.504 e. The highest BCUT2D eigenvalue weighted by molar-refractivity contribution is 14.1. The number of nitrogens with zero attached hydrogens (tertiary/aromatic N) is 2. The van der Waals surface area contributed by atoms with E-state index in [9.17, 15) is 24.3 Å². The first-order chi connectivity index (χ1) is 22.5. The summed E-state index contributed by atoms with van der Waals surface area (Å²) in [5, 5.41) is 13.9. The third-order valence-electron chi connectivity index (χ3n) is 9.81. The molecule has 2 heterocycles. The lowest BCUT2D eigenvalue weighted by atomic mass is 9.56. The van der Waals surface area contributed by atoms with Gasteiger partial charge in [-0.15, -0.1) is 23.2 Å². The lowest BCUT2D eigenvalue weighted by molar-refractivity contribution is -0.138. The van der Waals surface area contributed by atoms with E-state index in [0.29, 0.717) is 20.4 Å². The molecule has 3 aromatic rings. The van der Waals surface area contributed by atoms with E-state index in [-0.39, 0.29) is 35.7 Å². The van der Waals surface area contributed by atoms with Gasteiger partial charge in [0.1, 0.15) is 0 Å². The number of hydrogen-bond donors (Lipinski definition) is 2. The maximum Gasteiger partial charge on any atom is 0.254 e. The number of methoxy groups -OCH3 is 1. The van der Waals surface area contributed by atoms with E-state index in [1.165, 1.54) is 12.0 Å². The molecule has 1 saturated carbocycles. The number of fused-ring (bicyclic) bond motifs is 4. The van der Waals surface area contributed by atoms with Crippen molar-refractivity contribution in [1.82, 2.24) is 4.90 Å². The molecule has 0 aromatic heterocycles. The summed E-state index contributed by atoms with van der Waals surface area (Å²) >= 11 is 19.8. The SMILES string of the molecule is COc1cc(C2C3=CCC4C(=O)N(c5ccc(Nc6ccccc6)cc5)C(=O)C4C3CC3(Cl)C(=O)N(CBr)C(=O)C23Cl)cc(I)c1O. The molecule has 3 fully saturated rings. The molecule has 4 aliphatic rings. The second-order valence-electron chi connectivity index (χ2n) is 12.1. The smallest absolute Gasteiger partial charge is 0.254 e. The number of aromatic hydroxyl groups is 1. The zero-order valence-electron chi connectivity index (χ0n) is 24.8. The van der Waals surface area contributed by atoms with E-state index in [1.54, 1.807) is 36.4 Å². The molecular weight excluding hydrogens is 824 g/mol. The molecule has 6 atom stereocenters. The number of para-hydroxylation sites is 1. The Hall–Kier alpha value is -3.13. The molecule has 0 radical (unpaired) electrons. The number of carbonyl (C=O) groups excluding carboxylic acids is 4. The standard InChI is InChI=1S/C34H27BrCl2IN3O6/c1-47-25-14-17(13-24(38)28(25)42)27-21-11-12-22-26(23(21)15-33(36)31(45)40(16-35)32(46)34(27,33)37)30(44)41(29(22)43)20-9-7-19(8-10-20)39-18-5-3-2-4-6-18/h2-11,13-14,22-23,26-27,39,42H,12,15-16H2,1H3. The van der Waals surface area contributed by atoms with Gasteiger partial charge in [0.05, 0.1) is 33.7 Å². The van der Waals surface area contributed by atoms with Crippen LogP contribution in [0.1, 0.15) is 24.3 Å². The molecule has 2 N–H and O–H groups in total. The van der Waals surface area contributed by atoms with Gasteiger partial charge in [-0.1, -0.05) is 45.8 Å². The summed E-state index contributed by atoms with van der Waals surface area (Å²) in [6, 6.07) is 19.9. The average molecular weight is 851 g/mol. The largest absolute Gasteiger partial charge is 0.504 e. The summed E-state index contributed by atoms with van der Waals surface area (Å²) in [6.45, 7) is 0. The van der Waals surface area contributed by atoms with E-state index >= 15 is 0 Å². The zero-order chi connectivity index (χ0) is 33.4. The Balaban J connectivity index is 1.30. The van der Waals surface area contributed by atoms with Crippen LogP contribution in [-0.2, 0) is 19.2 Å². The molecule has 2 saturated heterocycles. The number of carbonyl (C=O) groups is 4. The zero-order valence-corrected chi connectivity index (χ0v) is 30.0. The fraction of sp³-hybridized carbons (Fsp3) is 0.294. The van der Waals surface area contributed by atoms with Gasteiger partial charge >= 0.3 is 0 Å². The number of amides is 4. The number of alkyl halides is 3. The number of likely N-dealkylation sites (tertiary alicyclic amines) is 1. The minimum absolute atomic E-state index is 0.0873. The summed E-state index contributed by atoms with van der Waals surface area (Å²) in [6.07, 6.45) is 1.99. The van der Waals surface area contributed by atoms with Crippen LogP contribution >= 0.6 is 61.7 Å². The molecule has 13 heteroatoms. The second kappa shape index (κ2) is 11.8. The highest BCUT2D eigenvalue weighted by Gasteiger charge is 2.76. The van der Waals surface area contributed by atoms with Crippen molar-refractivity contribution in [2.24, 2.45) is 17.8 Å². The van der Waals surface area contributed by atoms with Crippen molar-refractivity contribution in [2.75, 3.05) is 22.8 Å². The van der Waals surface area contributed by atoms with E-state index in [1.807, 2.05) is 59.0 Å². The van der Waals surface area contributed by atoms with E-state index in [0.717, 1.165) is 16.3 Å². The Morgan fingerprint density at radius 1 is 0.979 bits per heavy atom. The quantitative estimate of drug-likeness (QED) is 0.0938. The molecule has 0 bridgehead atoms. The highest BCUT2D eigenvalue weighted by atomic mass is 127. The first-order valence-electron chi connectivity index (χ1n) is 14.8. The first-order valence-corrected chi connectivity index (χ1v) is 17.8. The summed E-state index contributed by atoms with van der Waals surface area (Å²) in [5.74, 6) is -5.15. The molecule has 4 amide bonds. The third kappa shape index (κ3) is 4.67. The van der Waals surface area contributed by atoms with Crippen molar-refractivity contribution >= 4 is 102 Å². The molecule has 0 spiro atoms. The summed E-state index contributed by atoms with van der Waals surface area (Å²) in [5.41, 5.74) is 3.15. The molecule has 9 nitrogen and oxygen atoms in total. The maximum atomic E-state index is 14.3. The van der Waals surface area contributed by atoms with Crippen LogP contribution < -0.4 is 15.0 Å². The van der Waals surface area contributed by atoms with Crippen molar-refractivity contribution in [3.8, 4) is 11.5 Å². The van der Waals surface area contributed by atoms with E-state index in [4.69, 9.17) is 27.9 Å². The topological polar surface area (TPSA) is 116 Å². The fourth-order valence-corrected chi connectivity index (χ4v) is 9.73. The Bertz CT molecular complexity index is 1880. The lowest BCUT2D eigenvalue weighted by Gasteiger charge is -2.50. The molecular formula is C34H27BrCl2IN3O6. The van der Waals surface area contributed by atoms with Crippen molar-refractivity contribution < 1.29 is 29.0 Å². The van der Waals surface area contributed by atoms with Crippen LogP contribution in [0.15, 0.2) is 78.4 Å². The Kier molecular flexibility index (Phi) is 8.13. The van der Waals surface area contributed by atoms with Crippen LogP contribution in [0.5, 0.6) is 11.5 Å².